The van der Waals surface area contributed by atoms with Crippen LogP contribution in [0.5, 0.6) is 5.75 Å². The van der Waals surface area contributed by atoms with Gasteiger partial charge in [-0.2, -0.15) is 5.10 Å². The third-order valence-electron chi connectivity index (χ3n) is 8.81. The van der Waals surface area contributed by atoms with Gasteiger partial charge in [-0.15, -0.1) is 0 Å². The van der Waals surface area contributed by atoms with Crippen molar-refractivity contribution in [3.05, 3.63) is 82.0 Å². The molecule has 10 heteroatoms. The van der Waals surface area contributed by atoms with Crippen LogP contribution < -0.4 is 4.74 Å². The molecule has 44 heavy (non-hydrogen) atoms. The van der Waals surface area contributed by atoms with Crippen molar-refractivity contribution >= 4 is 51.2 Å². The molecule has 2 aliphatic rings. The van der Waals surface area contributed by atoms with Crippen molar-refractivity contribution in [3.8, 4) is 16.9 Å². The molecule has 3 heterocycles. The zero-order chi connectivity index (χ0) is 30.5. The lowest BCUT2D eigenvalue weighted by molar-refractivity contribution is 0.0684. The Hall–Kier alpha value is -3.53. The molecule has 0 unspecified atom stereocenters. The van der Waals surface area contributed by atoms with Crippen LogP contribution in [-0.4, -0.2) is 48.1 Å². The lowest BCUT2D eigenvalue weighted by Crippen LogP contribution is -2.19. The quantitative estimate of drug-likeness (QED) is 0.145. The maximum absolute atomic E-state index is 13.7. The molecule has 7 nitrogen and oxygen atoms in total. The maximum atomic E-state index is 13.7. The lowest BCUT2D eigenvalue weighted by Gasteiger charge is -2.20. The second-order valence-corrected chi connectivity index (χ2v) is 13.2. The lowest BCUT2D eigenvalue weighted by atomic mass is 9.98. The van der Waals surface area contributed by atoms with Crippen LogP contribution in [0.1, 0.15) is 53.1 Å². The van der Waals surface area contributed by atoms with Crippen LogP contribution in [0.25, 0.3) is 32.8 Å². The van der Waals surface area contributed by atoms with E-state index in [1.165, 1.54) is 25.0 Å². The van der Waals surface area contributed by atoms with Gasteiger partial charge in [0.15, 0.2) is 0 Å². The summed E-state index contributed by atoms with van der Waals surface area (Å²) in [6, 6.07) is 14.7. The molecular weight excluding hydrogens is 599 g/mol. The Morgan fingerprint density at radius 1 is 1.16 bits per heavy atom. The molecule has 0 amide bonds. The first-order valence-electron chi connectivity index (χ1n) is 15.1. The minimum Gasteiger partial charge on any atom is -0.493 e. The van der Waals surface area contributed by atoms with Gasteiger partial charge in [-0.05, 0) is 80.3 Å². The van der Waals surface area contributed by atoms with E-state index >= 15 is 0 Å². The summed E-state index contributed by atoms with van der Waals surface area (Å²) in [5, 5.41) is 18.7. The van der Waals surface area contributed by atoms with Gasteiger partial charge in [0.1, 0.15) is 17.3 Å². The summed E-state index contributed by atoms with van der Waals surface area (Å²) in [5.74, 6) is 0.347. The molecule has 0 spiro atoms. The molecule has 3 aromatic carbocycles. The van der Waals surface area contributed by atoms with Crippen LogP contribution in [0, 0.1) is 12.7 Å². The van der Waals surface area contributed by atoms with E-state index in [1.54, 1.807) is 6.07 Å². The largest absolute Gasteiger partial charge is 0.493 e. The average molecular weight is 633 g/mol. The number of hydrogen-bond donors (Lipinski definition) is 1. The number of hydrogen-bond acceptors (Lipinski definition) is 5. The Bertz CT molecular complexity index is 1910. The molecular formula is C34H34ClFN4O3S. The van der Waals surface area contributed by atoms with Crippen molar-refractivity contribution in [3.63, 3.8) is 0 Å². The standard InChI is InChI=1S/C34H34ClFN4O3S/c1-20-30-28(37-38(20)2)19-40(23-10-11-23)44-17-5-15-39-32-26(13-14-27(35)31(30)32)25(33(39)34(41)42)7-4-16-43-29-8-3-6-21-18-22(36)9-12-24(21)29/h3,6,8-9,12-14,18,23H,4-5,7,10-11,15-17,19H2,1-2H3,(H,41,42). The molecule has 7 rings (SSSR count). The number of ether oxygens (including phenoxy) is 1. The fourth-order valence-electron chi connectivity index (χ4n) is 6.54. The molecule has 228 valence electrons. The number of fused-ring (bicyclic) bond motifs is 3. The second kappa shape index (κ2) is 11.8. The Balaban J connectivity index is 1.28. The van der Waals surface area contributed by atoms with Crippen LogP contribution >= 0.6 is 23.5 Å². The number of aromatic carboxylic acids is 1. The average Bonchev–Trinajstić information content (AvgIpc) is 3.75. The highest BCUT2D eigenvalue weighted by Gasteiger charge is 2.33. The predicted octanol–water partition coefficient (Wildman–Crippen LogP) is 8.02. The number of carboxylic acid groups (broad SMARTS) is 1. The first-order chi connectivity index (χ1) is 21.3. The predicted molar refractivity (Wildman–Crippen MR) is 174 cm³/mol. The van der Waals surface area contributed by atoms with Gasteiger partial charge in [-0.1, -0.05) is 41.7 Å². The van der Waals surface area contributed by atoms with Gasteiger partial charge in [0.2, 0.25) is 0 Å². The van der Waals surface area contributed by atoms with Gasteiger partial charge in [-0.3, -0.25) is 4.68 Å². The number of aromatic nitrogens is 3. The van der Waals surface area contributed by atoms with Crippen LogP contribution in [0.2, 0.25) is 5.02 Å². The molecule has 0 saturated heterocycles. The highest BCUT2D eigenvalue weighted by Crippen LogP contribution is 2.44. The first-order valence-corrected chi connectivity index (χ1v) is 16.4. The number of carboxylic acids is 1. The van der Waals surface area contributed by atoms with E-state index in [2.05, 4.69) is 11.2 Å². The molecule has 1 fully saturated rings. The van der Waals surface area contributed by atoms with Gasteiger partial charge in [0.05, 0.1) is 29.4 Å². The minimum atomic E-state index is -0.944. The van der Waals surface area contributed by atoms with E-state index in [0.29, 0.717) is 48.5 Å². The van der Waals surface area contributed by atoms with E-state index in [0.717, 1.165) is 68.5 Å². The summed E-state index contributed by atoms with van der Waals surface area (Å²) < 4.78 is 26.2. The second-order valence-electron chi connectivity index (χ2n) is 11.7. The smallest absolute Gasteiger partial charge is 0.352 e. The fraction of sp³-hybridized carbons (Fsp3) is 0.353. The molecule has 1 saturated carbocycles. The third-order valence-corrected chi connectivity index (χ3v) is 10.4. The zero-order valence-corrected chi connectivity index (χ0v) is 26.3. The Kier molecular flexibility index (Phi) is 7.80. The number of benzene rings is 3. The van der Waals surface area contributed by atoms with Crippen LogP contribution in [-0.2, 0) is 26.6 Å². The van der Waals surface area contributed by atoms with E-state index < -0.39 is 5.97 Å². The van der Waals surface area contributed by atoms with Crippen molar-refractivity contribution in [1.29, 1.82) is 0 Å². The topological polar surface area (TPSA) is 72.5 Å². The summed E-state index contributed by atoms with van der Waals surface area (Å²) in [6.07, 6.45) is 4.35. The van der Waals surface area contributed by atoms with Gasteiger partial charge >= 0.3 is 5.97 Å². The van der Waals surface area contributed by atoms with Crippen molar-refractivity contribution < 1.29 is 19.0 Å². The number of nitrogens with zero attached hydrogens (tertiary/aromatic N) is 4. The van der Waals surface area contributed by atoms with Crippen LogP contribution in [0.4, 0.5) is 4.39 Å². The third kappa shape index (κ3) is 5.25. The summed E-state index contributed by atoms with van der Waals surface area (Å²) in [4.78, 5) is 13.0. The van der Waals surface area contributed by atoms with Crippen molar-refractivity contribution in [2.75, 3.05) is 12.4 Å². The van der Waals surface area contributed by atoms with Crippen molar-refractivity contribution in [2.45, 2.75) is 58.2 Å². The Labute approximate surface area is 264 Å². The van der Waals surface area contributed by atoms with Gasteiger partial charge in [0.25, 0.3) is 0 Å². The SMILES string of the molecule is Cc1c2c(nn1C)CN(C1CC1)SCCCn1c(C(=O)O)c(CCCOc3cccc4cc(F)ccc34)c3ccc(Cl)c-2c31. The van der Waals surface area contributed by atoms with E-state index in [1.807, 2.05) is 58.6 Å². The number of aryl methyl sites for hydroxylation is 3. The van der Waals surface area contributed by atoms with Gasteiger partial charge < -0.3 is 14.4 Å². The van der Waals surface area contributed by atoms with Crippen molar-refractivity contribution in [2.24, 2.45) is 7.05 Å². The van der Waals surface area contributed by atoms with E-state index in [4.69, 9.17) is 21.4 Å². The molecule has 1 N–H and O–H groups in total. The molecule has 1 aliphatic heterocycles. The molecule has 0 atom stereocenters. The molecule has 5 aromatic rings. The summed E-state index contributed by atoms with van der Waals surface area (Å²) in [6.45, 7) is 3.74. The van der Waals surface area contributed by atoms with Crippen molar-refractivity contribution in [1.82, 2.24) is 18.7 Å². The fourth-order valence-corrected chi connectivity index (χ4v) is 7.92. The molecule has 0 radical (unpaired) electrons. The Morgan fingerprint density at radius 2 is 1.98 bits per heavy atom. The molecule has 2 aromatic heterocycles. The van der Waals surface area contributed by atoms with Crippen LogP contribution in [0.15, 0.2) is 48.5 Å². The molecule has 0 bridgehead atoms. The normalized spacial score (nSPS) is 15.8. The number of halogens is 2. The molecule has 1 aliphatic carbocycles. The summed E-state index contributed by atoms with van der Waals surface area (Å²) in [7, 11) is 1.95. The zero-order valence-electron chi connectivity index (χ0n) is 24.8. The summed E-state index contributed by atoms with van der Waals surface area (Å²) in [5.41, 5.74) is 5.80. The van der Waals surface area contributed by atoms with Gasteiger partial charge in [-0.25, -0.2) is 13.5 Å². The van der Waals surface area contributed by atoms with E-state index in [-0.39, 0.29) is 5.82 Å². The minimum absolute atomic E-state index is 0.287. The first kappa shape index (κ1) is 29.2. The van der Waals surface area contributed by atoms with Gasteiger partial charge in [0, 0.05) is 53.0 Å². The Morgan fingerprint density at radius 3 is 2.77 bits per heavy atom. The van der Waals surface area contributed by atoms with Crippen LogP contribution in [0.3, 0.4) is 0 Å². The monoisotopic (exact) mass is 632 g/mol. The summed E-state index contributed by atoms with van der Waals surface area (Å²) >= 11 is 8.86. The number of rotatable bonds is 7. The highest BCUT2D eigenvalue weighted by molar-refractivity contribution is 7.97. The number of carbonyl (C=O) groups is 1. The maximum Gasteiger partial charge on any atom is 0.352 e. The van der Waals surface area contributed by atoms with E-state index in [9.17, 15) is 14.3 Å². The highest BCUT2D eigenvalue weighted by atomic mass is 35.5.